The third-order valence-electron chi connectivity index (χ3n) is 5.10. The summed E-state index contributed by atoms with van der Waals surface area (Å²) in [6.45, 7) is 5.57. The topological polar surface area (TPSA) is 38.5 Å². The summed E-state index contributed by atoms with van der Waals surface area (Å²) >= 11 is 2.06. The van der Waals surface area contributed by atoms with Crippen molar-refractivity contribution in [3.8, 4) is 0 Å². The molecule has 0 aromatic heterocycles. The molecule has 0 amide bonds. The number of hydrogen-bond donors (Lipinski definition) is 1. The highest BCUT2D eigenvalue weighted by Gasteiger charge is 2.42. The van der Waals surface area contributed by atoms with Crippen LogP contribution in [0.2, 0.25) is 0 Å². The Morgan fingerprint density at radius 3 is 3.00 bits per heavy atom. The van der Waals surface area contributed by atoms with Crippen molar-refractivity contribution in [1.82, 2.24) is 4.90 Å². The summed E-state index contributed by atoms with van der Waals surface area (Å²) in [4.78, 5) is 2.65. The Morgan fingerprint density at radius 2 is 2.28 bits per heavy atom. The van der Waals surface area contributed by atoms with Gasteiger partial charge in [0.15, 0.2) is 0 Å². The lowest BCUT2D eigenvalue weighted by molar-refractivity contribution is -0.0936. The number of ether oxygens (including phenoxy) is 1. The van der Waals surface area contributed by atoms with Crippen LogP contribution in [0.1, 0.15) is 32.6 Å². The quantitative estimate of drug-likeness (QED) is 0.787. The van der Waals surface area contributed by atoms with E-state index in [4.69, 9.17) is 10.5 Å². The molecule has 3 rings (SSSR count). The van der Waals surface area contributed by atoms with Crippen molar-refractivity contribution in [2.24, 2.45) is 11.7 Å². The third kappa shape index (κ3) is 2.58. The smallest absolute Gasteiger partial charge is 0.0795 e. The van der Waals surface area contributed by atoms with Crippen LogP contribution in [0.5, 0.6) is 0 Å². The van der Waals surface area contributed by atoms with Gasteiger partial charge in [-0.1, -0.05) is 6.92 Å². The van der Waals surface area contributed by atoms with E-state index in [-0.39, 0.29) is 5.60 Å². The van der Waals surface area contributed by atoms with Crippen molar-refractivity contribution in [3.05, 3.63) is 0 Å². The van der Waals surface area contributed by atoms with E-state index in [1.165, 1.54) is 43.7 Å². The van der Waals surface area contributed by atoms with Crippen LogP contribution in [-0.4, -0.2) is 53.8 Å². The number of piperidine rings is 1. The summed E-state index contributed by atoms with van der Waals surface area (Å²) in [7, 11) is 0. The van der Waals surface area contributed by atoms with Gasteiger partial charge < -0.3 is 10.5 Å². The highest BCUT2D eigenvalue weighted by Crippen LogP contribution is 2.40. The number of likely N-dealkylation sites (tertiary alicyclic amines) is 1. The zero-order chi connectivity index (χ0) is 12.6. The molecule has 3 heterocycles. The molecule has 0 bridgehead atoms. The Labute approximate surface area is 115 Å². The first-order valence-corrected chi connectivity index (χ1v) is 8.55. The number of rotatable bonds is 1. The number of hydrogen-bond acceptors (Lipinski definition) is 4. The minimum atomic E-state index is 0.209. The van der Waals surface area contributed by atoms with Gasteiger partial charge in [-0.3, -0.25) is 4.90 Å². The van der Waals surface area contributed by atoms with Crippen molar-refractivity contribution >= 4 is 11.8 Å². The van der Waals surface area contributed by atoms with Crippen LogP contribution in [0.15, 0.2) is 0 Å². The first-order valence-electron chi connectivity index (χ1n) is 7.40. The SMILES string of the molecule is CC1CCN(C2CCOC3(CCSC3)C2)CC1N. The predicted octanol–water partition coefficient (Wildman–Crippen LogP) is 1.71. The lowest BCUT2D eigenvalue weighted by Crippen LogP contribution is -2.55. The lowest BCUT2D eigenvalue weighted by atomic mass is 9.86. The fraction of sp³-hybridized carbons (Fsp3) is 1.00. The van der Waals surface area contributed by atoms with Gasteiger partial charge in [-0.15, -0.1) is 0 Å². The molecule has 4 unspecified atom stereocenters. The van der Waals surface area contributed by atoms with Crippen LogP contribution in [-0.2, 0) is 4.74 Å². The molecular weight excluding hydrogens is 244 g/mol. The summed E-state index contributed by atoms with van der Waals surface area (Å²) in [5, 5.41) is 0. The highest BCUT2D eigenvalue weighted by molar-refractivity contribution is 7.99. The van der Waals surface area contributed by atoms with Crippen molar-refractivity contribution < 1.29 is 4.74 Å². The molecule has 0 aliphatic carbocycles. The summed E-state index contributed by atoms with van der Waals surface area (Å²) in [5.41, 5.74) is 6.45. The van der Waals surface area contributed by atoms with E-state index >= 15 is 0 Å². The van der Waals surface area contributed by atoms with Gasteiger partial charge in [-0.25, -0.2) is 0 Å². The van der Waals surface area contributed by atoms with Crippen LogP contribution in [0.4, 0.5) is 0 Å². The standard InChI is InChI=1S/C14H26N2OS/c1-11-2-5-16(9-13(11)15)12-3-6-17-14(8-12)4-7-18-10-14/h11-13H,2-10,15H2,1H3. The normalized spacial score (nSPS) is 46.7. The average molecular weight is 270 g/mol. The Bertz CT molecular complexity index is 294. The molecule has 0 radical (unpaired) electrons. The summed E-state index contributed by atoms with van der Waals surface area (Å²) < 4.78 is 6.12. The maximum atomic E-state index is 6.24. The third-order valence-corrected chi connectivity index (χ3v) is 6.32. The second kappa shape index (κ2) is 5.31. The predicted molar refractivity (Wildman–Crippen MR) is 77.0 cm³/mol. The second-order valence-corrected chi connectivity index (χ2v) is 7.51. The molecule has 3 fully saturated rings. The lowest BCUT2D eigenvalue weighted by Gasteiger charge is -2.46. The van der Waals surface area contributed by atoms with Crippen molar-refractivity contribution in [2.75, 3.05) is 31.2 Å². The van der Waals surface area contributed by atoms with E-state index < -0.39 is 0 Å². The van der Waals surface area contributed by atoms with Gasteiger partial charge in [-0.2, -0.15) is 11.8 Å². The highest BCUT2D eigenvalue weighted by atomic mass is 32.2. The summed E-state index contributed by atoms with van der Waals surface area (Å²) in [5.74, 6) is 3.18. The number of thioether (sulfide) groups is 1. The minimum Gasteiger partial charge on any atom is -0.374 e. The Kier molecular flexibility index (Phi) is 3.90. The van der Waals surface area contributed by atoms with Gasteiger partial charge in [-0.05, 0) is 43.9 Å². The molecule has 2 N–H and O–H groups in total. The fourth-order valence-corrected chi connectivity index (χ4v) is 5.01. The van der Waals surface area contributed by atoms with Crippen molar-refractivity contribution in [2.45, 2.75) is 50.3 Å². The molecule has 4 heteroatoms. The van der Waals surface area contributed by atoms with Crippen LogP contribution in [0.25, 0.3) is 0 Å². The maximum Gasteiger partial charge on any atom is 0.0795 e. The Balaban J connectivity index is 1.62. The van der Waals surface area contributed by atoms with Crippen LogP contribution in [0, 0.1) is 5.92 Å². The zero-order valence-electron chi connectivity index (χ0n) is 11.4. The van der Waals surface area contributed by atoms with E-state index in [1.54, 1.807) is 0 Å². The molecular formula is C14H26N2OS. The molecule has 3 aliphatic rings. The molecule has 18 heavy (non-hydrogen) atoms. The molecule has 3 saturated heterocycles. The minimum absolute atomic E-state index is 0.209. The van der Waals surface area contributed by atoms with Gasteiger partial charge >= 0.3 is 0 Å². The van der Waals surface area contributed by atoms with E-state index in [2.05, 4.69) is 23.6 Å². The van der Waals surface area contributed by atoms with E-state index in [9.17, 15) is 0 Å². The largest absolute Gasteiger partial charge is 0.374 e. The van der Waals surface area contributed by atoms with Gasteiger partial charge in [0.25, 0.3) is 0 Å². The average Bonchev–Trinajstić information content (AvgIpc) is 2.81. The Hall–Kier alpha value is 0.230. The molecule has 3 nitrogen and oxygen atoms in total. The Morgan fingerprint density at radius 1 is 1.39 bits per heavy atom. The van der Waals surface area contributed by atoms with Crippen LogP contribution in [0.3, 0.4) is 0 Å². The molecule has 0 saturated carbocycles. The molecule has 0 aromatic rings. The second-order valence-electron chi connectivity index (χ2n) is 6.41. The van der Waals surface area contributed by atoms with Gasteiger partial charge in [0.05, 0.1) is 5.60 Å². The van der Waals surface area contributed by atoms with Crippen molar-refractivity contribution in [3.63, 3.8) is 0 Å². The van der Waals surface area contributed by atoms with E-state index in [0.29, 0.717) is 12.0 Å². The first-order chi connectivity index (χ1) is 8.69. The van der Waals surface area contributed by atoms with Crippen LogP contribution < -0.4 is 5.73 Å². The summed E-state index contributed by atoms with van der Waals surface area (Å²) in [6, 6.07) is 1.09. The monoisotopic (exact) mass is 270 g/mol. The molecule has 0 aromatic carbocycles. The molecule has 4 atom stereocenters. The molecule has 104 valence electrons. The van der Waals surface area contributed by atoms with Crippen LogP contribution >= 0.6 is 11.8 Å². The van der Waals surface area contributed by atoms with E-state index in [0.717, 1.165) is 19.2 Å². The zero-order valence-corrected chi connectivity index (χ0v) is 12.3. The van der Waals surface area contributed by atoms with Crippen molar-refractivity contribution in [1.29, 1.82) is 0 Å². The van der Waals surface area contributed by atoms with E-state index in [1.807, 2.05) is 0 Å². The van der Waals surface area contributed by atoms with Gasteiger partial charge in [0.1, 0.15) is 0 Å². The van der Waals surface area contributed by atoms with Gasteiger partial charge in [0.2, 0.25) is 0 Å². The number of nitrogens with two attached hydrogens (primary N) is 1. The van der Waals surface area contributed by atoms with Gasteiger partial charge in [0, 0.05) is 31.0 Å². The first kappa shape index (κ1) is 13.2. The maximum absolute atomic E-state index is 6.24. The molecule has 1 spiro atoms. The summed E-state index contributed by atoms with van der Waals surface area (Å²) in [6.07, 6.45) is 4.96. The number of nitrogens with zero attached hydrogens (tertiary/aromatic N) is 1. The molecule has 3 aliphatic heterocycles. The fourth-order valence-electron chi connectivity index (χ4n) is 3.63.